The van der Waals surface area contributed by atoms with Crippen molar-refractivity contribution in [1.82, 2.24) is 20.1 Å². The molecule has 3 heterocycles. The van der Waals surface area contributed by atoms with Crippen molar-refractivity contribution < 1.29 is 14.7 Å². The average Bonchev–Trinajstić information content (AvgIpc) is 3.03. The summed E-state index contributed by atoms with van der Waals surface area (Å²) in [5, 5.41) is 18.8. The van der Waals surface area contributed by atoms with Gasteiger partial charge in [-0.05, 0) is 25.0 Å². The van der Waals surface area contributed by atoms with Gasteiger partial charge in [0.1, 0.15) is 5.69 Å². The third-order valence-corrected chi connectivity index (χ3v) is 3.69. The Bertz CT molecular complexity index is 700. The molecule has 1 aliphatic heterocycles. The molecule has 0 bridgehead atoms. The van der Waals surface area contributed by atoms with Crippen molar-refractivity contribution >= 4 is 17.5 Å². The van der Waals surface area contributed by atoms with Crippen LogP contribution < -0.4 is 5.32 Å². The molecule has 0 unspecified atom stereocenters. The molecule has 8 nitrogen and oxygen atoms in total. The van der Waals surface area contributed by atoms with Crippen molar-refractivity contribution in [2.45, 2.75) is 18.9 Å². The molecule has 0 aromatic carbocycles. The van der Waals surface area contributed by atoms with Crippen LogP contribution in [-0.4, -0.2) is 56.2 Å². The Kier molecular flexibility index (Phi) is 4.33. The minimum Gasteiger partial charge on any atom is -0.391 e. The van der Waals surface area contributed by atoms with Crippen LogP contribution in [0.15, 0.2) is 30.6 Å². The van der Waals surface area contributed by atoms with E-state index in [1.807, 2.05) is 6.07 Å². The van der Waals surface area contributed by atoms with E-state index in [9.17, 15) is 14.7 Å². The standard InChI is InChI=1S/C15H17N5O3/c21-10-4-3-7-20(9-10)15(23)14(22)18-12-8-17-19-13(12)11-5-1-2-6-16-11/h1-2,5-6,8,10,21H,3-4,7,9H2,(H,17,19)(H,18,22)/t10-/m0/s1. The van der Waals surface area contributed by atoms with E-state index in [1.165, 1.54) is 11.1 Å². The van der Waals surface area contributed by atoms with Gasteiger partial charge in [0.15, 0.2) is 0 Å². The van der Waals surface area contributed by atoms with Crippen LogP contribution in [0, 0.1) is 0 Å². The van der Waals surface area contributed by atoms with Crippen LogP contribution in [-0.2, 0) is 9.59 Å². The number of rotatable bonds is 2. The first-order valence-electron chi connectivity index (χ1n) is 7.38. The molecule has 1 atom stereocenters. The van der Waals surface area contributed by atoms with Gasteiger partial charge < -0.3 is 15.3 Å². The number of likely N-dealkylation sites (tertiary alicyclic amines) is 1. The normalized spacial score (nSPS) is 17.8. The Hall–Kier alpha value is -2.74. The minimum atomic E-state index is -0.752. The largest absolute Gasteiger partial charge is 0.391 e. The first-order chi connectivity index (χ1) is 11.1. The summed E-state index contributed by atoms with van der Waals surface area (Å²) >= 11 is 0. The summed E-state index contributed by atoms with van der Waals surface area (Å²) in [6.45, 7) is 0.659. The molecule has 0 saturated carbocycles. The SMILES string of the molecule is O=C(Nc1cn[nH]c1-c1ccccn1)C(=O)N1CCC[C@H](O)C1. The number of aromatic amines is 1. The Morgan fingerprint density at radius 3 is 3.00 bits per heavy atom. The lowest BCUT2D eigenvalue weighted by atomic mass is 10.1. The van der Waals surface area contributed by atoms with Crippen LogP contribution in [0.4, 0.5) is 5.69 Å². The molecular weight excluding hydrogens is 298 g/mol. The van der Waals surface area contributed by atoms with Crippen molar-refractivity contribution in [3.8, 4) is 11.4 Å². The van der Waals surface area contributed by atoms with Gasteiger partial charge in [0.05, 0.1) is 23.7 Å². The van der Waals surface area contributed by atoms with Crippen molar-refractivity contribution in [3.05, 3.63) is 30.6 Å². The number of nitrogens with zero attached hydrogens (tertiary/aromatic N) is 3. The maximum absolute atomic E-state index is 12.2. The summed E-state index contributed by atoms with van der Waals surface area (Å²) in [4.78, 5) is 29.9. The second kappa shape index (κ2) is 6.57. The summed E-state index contributed by atoms with van der Waals surface area (Å²) in [7, 11) is 0. The molecular formula is C15H17N5O3. The molecule has 3 N–H and O–H groups in total. The number of nitrogens with one attached hydrogen (secondary N) is 2. The maximum atomic E-state index is 12.2. The highest BCUT2D eigenvalue weighted by Gasteiger charge is 2.27. The zero-order chi connectivity index (χ0) is 16.2. The highest BCUT2D eigenvalue weighted by atomic mass is 16.3. The van der Waals surface area contributed by atoms with Crippen LogP contribution in [0.5, 0.6) is 0 Å². The molecule has 2 aromatic heterocycles. The fourth-order valence-electron chi connectivity index (χ4n) is 2.55. The second-order valence-corrected chi connectivity index (χ2v) is 5.37. The van der Waals surface area contributed by atoms with Crippen molar-refractivity contribution in [3.63, 3.8) is 0 Å². The van der Waals surface area contributed by atoms with E-state index >= 15 is 0 Å². The zero-order valence-corrected chi connectivity index (χ0v) is 12.4. The molecule has 23 heavy (non-hydrogen) atoms. The summed E-state index contributed by atoms with van der Waals surface area (Å²) in [5.41, 5.74) is 1.53. The summed E-state index contributed by atoms with van der Waals surface area (Å²) < 4.78 is 0. The van der Waals surface area contributed by atoms with E-state index in [2.05, 4.69) is 20.5 Å². The Morgan fingerprint density at radius 2 is 2.26 bits per heavy atom. The monoisotopic (exact) mass is 315 g/mol. The number of piperidine rings is 1. The molecule has 0 radical (unpaired) electrons. The lowest BCUT2D eigenvalue weighted by molar-refractivity contribution is -0.145. The molecule has 8 heteroatoms. The maximum Gasteiger partial charge on any atom is 0.314 e. The third-order valence-electron chi connectivity index (χ3n) is 3.69. The Labute approximate surface area is 132 Å². The van der Waals surface area contributed by atoms with Crippen molar-refractivity contribution in [2.75, 3.05) is 18.4 Å². The van der Waals surface area contributed by atoms with Crippen LogP contribution in [0.3, 0.4) is 0 Å². The first kappa shape index (κ1) is 15.2. The lowest BCUT2D eigenvalue weighted by Crippen LogP contribution is -2.46. The summed E-state index contributed by atoms with van der Waals surface area (Å²) in [6.07, 6.45) is 3.82. The van der Waals surface area contributed by atoms with Gasteiger partial charge in [-0.15, -0.1) is 0 Å². The number of carbonyl (C=O) groups excluding carboxylic acids is 2. The van der Waals surface area contributed by atoms with Crippen LogP contribution in [0.25, 0.3) is 11.4 Å². The molecule has 1 aliphatic rings. The number of carbonyl (C=O) groups is 2. The highest BCUT2D eigenvalue weighted by molar-refractivity contribution is 6.39. The number of aromatic nitrogens is 3. The van der Waals surface area contributed by atoms with Crippen LogP contribution >= 0.6 is 0 Å². The number of H-pyrrole nitrogens is 1. The van der Waals surface area contributed by atoms with Gasteiger partial charge in [-0.1, -0.05) is 6.07 Å². The van der Waals surface area contributed by atoms with Gasteiger partial charge in [-0.3, -0.25) is 19.7 Å². The number of anilines is 1. The molecule has 2 amide bonds. The van der Waals surface area contributed by atoms with E-state index in [0.29, 0.717) is 36.5 Å². The number of hydrogen-bond donors (Lipinski definition) is 3. The number of β-amino-alcohol motifs (C(OH)–C–C–N with tert-alkyl or cyclic N) is 1. The minimum absolute atomic E-state index is 0.185. The third kappa shape index (κ3) is 3.37. The van der Waals surface area contributed by atoms with Gasteiger partial charge >= 0.3 is 11.8 Å². The van der Waals surface area contributed by atoms with Gasteiger partial charge in [0.2, 0.25) is 0 Å². The highest BCUT2D eigenvalue weighted by Crippen LogP contribution is 2.23. The van der Waals surface area contributed by atoms with E-state index < -0.39 is 17.9 Å². The van der Waals surface area contributed by atoms with E-state index in [4.69, 9.17) is 0 Å². The smallest absolute Gasteiger partial charge is 0.314 e. The molecule has 2 aromatic rings. The summed E-state index contributed by atoms with van der Waals surface area (Å²) in [5.74, 6) is -1.41. The fourth-order valence-corrected chi connectivity index (χ4v) is 2.55. The lowest BCUT2D eigenvalue weighted by Gasteiger charge is -2.29. The molecule has 0 aliphatic carbocycles. The molecule has 1 saturated heterocycles. The Morgan fingerprint density at radius 1 is 1.39 bits per heavy atom. The molecule has 120 valence electrons. The quantitative estimate of drug-likeness (QED) is 0.694. The number of aliphatic hydroxyl groups excluding tert-OH is 1. The number of aliphatic hydroxyl groups is 1. The average molecular weight is 315 g/mol. The van der Waals surface area contributed by atoms with Crippen LogP contribution in [0.2, 0.25) is 0 Å². The topological polar surface area (TPSA) is 111 Å². The number of hydrogen-bond acceptors (Lipinski definition) is 5. The molecule has 3 rings (SSSR count). The van der Waals surface area contributed by atoms with E-state index in [1.54, 1.807) is 18.3 Å². The number of amides is 2. The van der Waals surface area contributed by atoms with Crippen molar-refractivity contribution in [2.24, 2.45) is 0 Å². The number of pyridine rings is 1. The molecule has 1 fully saturated rings. The first-order valence-corrected chi connectivity index (χ1v) is 7.38. The van der Waals surface area contributed by atoms with E-state index in [-0.39, 0.29) is 6.54 Å². The predicted octanol–water partition coefficient (Wildman–Crippen LogP) is 0.393. The van der Waals surface area contributed by atoms with Crippen LogP contribution in [0.1, 0.15) is 12.8 Å². The molecule has 0 spiro atoms. The van der Waals surface area contributed by atoms with Gasteiger partial charge in [-0.2, -0.15) is 5.10 Å². The van der Waals surface area contributed by atoms with E-state index in [0.717, 1.165) is 0 Å². The Balaban J connectivity index is 1.71. The van der Waals surface area contributed by atoms with Gasteiger partial charge in [-0.25, -0.2) is 0 Å². The second-order valence-electron chi connectivity index (χ2n) is 5.37. The van der Waals surface area contributed by atoms with Gasteiger partial charge in [0, 0.05) is 19.3 Å². The fraction of sp³-hybridized carbons (Fsp3) is 0.333. The zero-order valence-electron chi connectivity index (χ0n) is 12.4. The van der Waals surface area contributed by atoms with Crippen molar-refractivity contribution in [1.29, 1.82) is 0 Å². The summed E-state index contributed by atoms with van der Waals surface area (Å²) in [6, 6.07) is 5.37. The van der Waals surface area contributed by atoms with Gasteiger partial charge in [0.25, 0.3) is 0 Å². The predicted molar refractivity (Wildman–Crippen MR) is 82.3 cm³/mol.